The molecule has 0 aliphatic heterocycles. The van der Waals surface area contributed by atoms with Crippen molar-refractivity contribution in [2.75, 3.05) is 6.54 Å². The van der Waals surface area contributed by atoms with Gasteiger partial charge in [-0.05, 0) is 23.6 Å². The van der Waals surface area contributed by atoms with Gasteiger partial charge in [-0.2, -0.15) is 0 Å². The number of carbonyl (C=O) groups excluding carboxylic acids is 1. The van der Waals surface area contributed by atoms with E-state index in [1.54, 1.807) is 23.0 Å². The molecule has 0 fully saturated rings. The molecule has 0 aliphatic rings. The van der Waals surface area contributed by atoms with Gasteiger partial charge < -0.3 is 15.0 Å². The van der Waals surface area contributed by atoms with Gasteiger partial charge in [-0.1, -0.05) is 30.3 Å². The Balaban J connectivity index is 1.73. The molecule has 0 radical (unpaired) electrons. The van der Waals surface area contributed by atoms with Gasteiger partial charge in [0.25, 0.3) is 0 Å². The first-order valence-corrected chi connectivity index (χ1v) is 6.34. The first-order chi connectivity index (χ1) is 9.28. The fourth-order valence-electron chi connectivity index (χ4n) is 1.90. The van der Waals surface area contributed by atoms with Crippen molar-refractivity contribution < 1.29 is 9.90 Å². The van der Waals surface area contributed by atoms with Gasteiger partial charge in [0.15, 0.2) is 0 Å². The van der Waals surface area contributed by atoms with Crippen molar-refractivity contribution in [3.63, 3.8) is 0 Å². The second kappa shape index (κ2) is 6.75. The van der Waals surface area contributed by atoms with Crippen LogP contribution in [0, 0.1) is 0 Å². The number of carbonyl (C=O) groups is 1. The topological polar surface area (TPSA) is 54.3 Å². The largest absolute Gasteiger partial charge is 0.392 e. The van der Waals surface area contributed by atoms with Gasteiger partial charge in [0.05, 0.1) is 6.61 Å². The lowest BCUT2D eigenvalue weighted by atomic mass is 10.1. The number of aliphatic hydroxyl groups excluding tert-OH is 1. The molecule has 4 heteroatoms. The summed E-state index contributed by atoms with van der Waals surface area (Å²) < 4.78 is 1.77. The van der Waals surface area contributed by atoms with E-state index in [-0.39, 0.29) is 19.1 Å². The third kappa shape index (κ3) is 4.26. The molecular formula is C15H18N2O2. The Hall–Kier alpha value is -2.07. The Morgan fingerprint density at radius 2 is 1.95 bits per heavy atom. The summed E-state index contributed by atoms with van der Waals surface area (Å²) in [7, 11) is 0. The number of amides is 1. The highest BCUT2D eigenvalue weighted by Crippen LogP contribution is 2.01. The van der Waals surface area contributed by atoms with E-state index in [4.69, 9.17) is 5.11 Å². The predicted molar refractivity (Wildman–Crippen MR) is 73.5 cm³/mol. The van der Waals surface area contributed by atoms with Crippen LogP contribution in [0.1, 0.15) is 11.1 Å². The van der Waals surface area contributed by atoms with Crippen LogP contribution in [0.15, 0.2) is 48.8 Å². The van der Waals surface area contributed by atoms with E-state index >= 15 is 0 Å². The maximum absolute atomic E-state index is 11.7. The maximum atomic E-state index is 11.7. The van der Waals surface area contributed by atoms with E-state index in [0.717, 1.165) is 12.0 Å². The number of benzene rings is 1. The second-order valence-corrected chi connectivity index (χ2v) is 4.44. The zero-order valence-electron chi connectivity index (χ0n) is 10.7. The Bertz CT molecular complexity index is 520. The average Bonchev–Trinajstić information content (AvgIpc) is 2.87. The summed E-state index contributed by atoms with van der Waals surface area (Å²) in [5.74, 6) is -0.0176. The van der Waals surface area contributed by atoms with Crippen molar-refractivity contribution in [1.29, 1.82) is 0 Å². The molecule has 100 valence electrons. The van der Waals surface area contributed by atoms with Crippen molar-refractivity contribution in [1.82, 2.24) is 9.88 Å². The van der Waals surface area contributed by atoms with Crippen LogP contribution in [0.2, 0.25) is 0 Å². The predicted octanol–water partition coefficient (Wildman–Crippen LogP) is 1.34. The quantitative estimate of drug-likeness (QED) is 0.821. The summed E-state index contributed by atoms with van der Waals surface area (Å²) in [6.07, 6.45) is 4.40. The lowest BCUT2D eigenvalue weighted by Crippen LogP contribution is -2.29. The number of rotatable bonds is 6. The van der Waals surface area contributed by atoms with Crippen LogP contribution >= 0.6 is 0 Å². The van der Waals surface area contributed by atoms with Crippen LogP contribution in [0.25, 0.3) is 0 Å². The zero-order chi connectivity index (χ0) is 13.5. The van der Waals surface area contributed by atoms with E-state index in [2.05, 4.69) is 5.32 Å². The minimum absolute atomic E-state index is 0.00261. The average molecular weight is 258 g/mol. The molecule has 0 bridgehead atoms. The molecule has 1 amide bonds. The first-order valence-electron chi connectivity index (χ1n) is 6.34. The Kier molecular flexibility index (Phi) is 4.75. The minimum atomic E-state index is -0.0176. The molecule has 2 aromatic rings. The SMILES string of the molecule is O=C(Cn1ccc(CO)c1)NCCc1ccccc1. The highest BCUT2D eigenvalue weighted by atomic mass is 16.3. The fraction of sp³-hybridized carbons (Fsp3) is 0.267. The summed E-state index contributed by atoms with van der Waals surface area (Å²) in [5.41, 5.74) is 2.03. The van der Waals surface area contributed by atoms with Crippen molar-refractivity contribution >= 4 is 5.91 Å². The molecule has 2 rings (SSSR count). The van der Waals surface area contributed by atoms with Crippen LogP contribution in [-0.2, 0) is 24.4 Å². The molecule has 2 N–H and O–H groups in total. The molecule has 1 aromatic heterocycles. The van der Waals surface area contributed by atoms with Gasteiger partial charge in [0.2, 0.25) is 5.91 Å². The van der Waals surface area contributed by atoms with E-state index in [1.807, 2.05) is 30.3 Å². The summed E-state index contributed by atoms with van der Waals surface area (Å²) in [6.45, 7) is 0.925. The van der Waals surface area contributed by atoms with Crippen LogP contribution in [0.5, 0.6) is 0 Å². The lowest BCUT2D eigenvalue weighted by Gasteiger charge is -2.06. The Morgan fingerprint density at radius 1 is 1.16 bits per heavy atom. The van der Waals surface area contributed by atoms with E-state index in [9.17, 15) is 4.79 Å². The van der Waals surface area contributed by atoms with E-state index in [1.165, 1.54) is 5.56 Å². The molecule has 0 spiro atoms. The van der Waals surface area contributed by atoms with Crippen molar-refractivity contribution in [3.8, 4) is 0 Å². The van der Waals surface area contributed by atoms with Crippen LogP contribution < -0.4 is 5.32 Å². The molecule has 0 atom stereocenters. The number of nitrogens with one attached hydrogen (secondary N) is 1. The number of hydrogen-bond acceptors (Lipinski definition) is 2. The third-order valence-corrected chi connectivity index (χ3v) is 2.90. The highest BCUT2D eigenvalue weighted by Gasteiger charge is 2.02. The van der Waals surface area contributed by atoms with Gasteiger partial charge in [-0.15, -0.1) is 0 Å². The second-order valence-electron chi connectivity index (χ2n) is 4.44. The minimum Gasteiger partial charge on any atom is -0.392 e. The normalized spacial score (nSPS) is 10.4. The summed E-state index contributed by atoms with van der Waals surface area (Å²) in [4.78, 5) is 11.7. The van der Waals surface area contributed by atoms with E-state index < -0.39 is 0 Å². The molecular weight excluding hydrogens is 240 g/mol. The number of aromatic nitrogens is 1. The van der Waals surface area contributed by atoms with Gasteiger partial charge >= 0.3 is 0 Å². The van der Waals surface area contributed by atoms with Gasteiger partial charge in [0, 0.05) is 18.9 Å². The lowest BCUT2D eigenvalue weighted by molar-refractivity contribution is -0.121. The molecule has 4 nitrogen and oxygen atoms in total. The fourth-order valence-corrected chi connectivity index (χ4v) is 1.90. The molecule has 0 unspecified atom stereocenters. The van der Waals surface area contributed by atoms with Crippen LogP contribution in [0.4, 0.5) is 0 Å². The Morgan fingerprint density at radius 3 is 2.63 bits per heavy atom. The highest BCUT2D eigenvalue weighted by molar-refractivity contribution is 5.75. The molecule has 0 saturated carbocycles. The van der Waals surface area contributed by atoms with Crippen molar-refractivity contribution in [2.24, 2.45) is 0 Å². The zero-order valence-corrected chi connectivity index (χ0v) is 10.7. The van der Waals surface area contributed by atoms with Crippen molar-refractivity contribution in [3.05, 3.63) is 59.9 Å². The standard InChI is InChI=1S/C15H18N2O2/c18-12-14-7-9-17(10-14)11-15(19)16-8-6-13-4-2-1-3-5-13/h1-5,7,9-10,18H,6,8,11-12H2,(H,16,19). The number of aliphatic hydroxyl groups is 1. The van der Waals surface area contributed by atoms with Gasteiger partial charge in [-0.25, -0.2) is 0 Å². The molecule has 19 heavy (non-hydrogen) atoms. The summed E-state index contributed by atoms with van der Waals surface area (Å²) in [6, 6.07) is 11.9. The first kappa shape index (κ1) is 13.4. The summed E-state index contributed by atoms with van der Waals surface area (Å²) in [5, 5.41) is 11.8. The van der Waals surface area contributed by atoms with E-state index in [0.29, 0.717) is 6.54 Å². The molecule has 1 aromatic carbocycles. The van der Waals surface area contributed by atoms with Gasteiger partial charge in [0.1, 0.15) is 6.54 Å². The van der Waals surface area contributed by atoms with Crippen LogP contribution in [0.3, 0.4) is 0 Å². The summed E-state index contributed by atoms with van der Waals surface area (Å²) >= 11 is 0. The smallest absolute Gasteiger partial charge is 0.239 e. The van der Waals surface area contributed by atoms with Crippen molar-refractivity contribution in [2.45, 2.75) is 19.6 Å². The molecule has 0 saturated heterocycles. The number of hydrogen-bond donors (Lipinski definition) is 2. The van der Waals surface area contributed by atoms with Crippen LogP contribution in [-0.4, -0.2) is 22.1 Å². The molecule has 0 aliphatic carbocycles. The third-order valence-electron chi connectivity index (χ3n) is 2.90. The monoisotopic (exact) mass is 258 g/mol. The Labute approximate surface area is 112 Å². The number of nitrogens with zero attached hydrogens (tertiary/aromatic N) is 1. The van der Waals surface area contributed by atoms with Gasteiger partial charge in [-0.3, -0.25) is 4.79 Å². The maximum Gasteiger partial charge on any atom is 0.239 e. The molecule has 1 heterocycles.